The van der Waals surface area contributed by atoms with Crippen LogP contribution in [-0.4, -0.2) is 58.9 Å². The molecule has 1 aliphatic rings. The van der Waals surface area contributed by atoms with E-state index in [1.165, 1.54) is 0 Å². The lowest BCUT2D eigenvalue weighted by molar-refractivity contribution is -0.0987. The average molecular weight is 529 g/mol. The van der Waals surface area contributed by atoms with Crippen LogP contribution in [0.1, 0.15) is 69.8 Å². The zero-order chi connectivity index (χ0) is 29.5. The van der Waals surface area contributed by atoms with Gasteiger partial charge in [0, 0.05) is 25.0 Å². The van der Waals surface area contributed by atoms with Gasteiger partial charge in [-0.25, -0.2) is 4.79 Å². The van der Waals surface area contributed by atoms with E-state index in [1.54, 1.807) is 15.8 Å². The number of primary amides is 1. The number of aryl methyl sites for hydroxylation is 1. The monoisotopic (exact) mass is 528 g/mol. The summed E-state index contributed by atoms with van der Waals surface area (Å²) in [5.41, 5.74) is 6.52. The number of amides is 2. The van der Waals surface area contributed by atoms with Gasteiger partial charge in [-0.2, -0.15) is 10.4 Å². The number of ether oxygens (including phenoxy) is 1. The second-order valence-electron chi connectivity index (χ2n) is 9.22. The molecule has 11 nitrogen and oxygen atoms in total. The molecule has 1 fully saturated rings. The molecule has 0 saturated carbocycles. The van der Waals surface area contributed by atoms with Gasteiger partial charge in [0.05, 0.1) is 18.0 Å². The number of likely N-dealkylation sites (tertiary alicyclic amines) is 1. The average Bonchev–Trinajstić information content (AvgIpc) is 3.33. The SMILES string of the molecule is C=O.C=O.CC.Cc1ccc(Nc2nn(C3(CC#N)CCN(C(=O)OC(C)(C)C)CC3)cc2C(N)=O)cc1. The van der Waals surface area contributed by atoms with Crippen molar-refractivity contribution in [3.05, 3.63) is 41.6 Å². The van der Waals surface area contributed by atoms with Crippen LogP contribution in [0.4, 0.5) is 16.3 Å². The Labute approximate surface area is 224 Å². The van der Waals surface area contributed by atoms with Gasteiger partial charge in [-0.3, -0.25) is 9.48 Å². The highest BCUT2D eigenvalue weighted by Crippen LogP contribution is 2.35. The van der Waals surface area contributed by atoms with Gasteiger partial charge in [0.2, 0.25) is 0 Å². The van der Waals surface area contributed by atoms with Crippen molar-refractivity contribution in [2.45, 2.75) is 71.9 Å². The predicted molar refractivity (Wildman–Crippen MR) is 146 cm³/mol. The lowest BCUT2D eigenvalue weighted by Crippen LogP contribution is -2.49. The van der Waals surface area contributed by atoms with Crippen LogP contribution in [0.2, 0.25) is 0 Å². The van der Waals surface area contributed by atoms with Gasteiger partial charge in [0.1, 0.15) is 24.7 Å². The molecule has 0 atom stereocenters. The van der Waals surface area contributed by atoms with Crippen molar-refractivity contribution in [1.29, 1.82) is 5.26 Å². The quantitative estimate of drug-likeness (QED) is 0.580. The summed E-state index contributed by atoms with van der Waals surface area (Å²) in [6.45, 7) is 16.3. The summed E-state index contributed by atoms with van der Waals surface area (Å²) in [7, 11) is 0. The molecule has 1 aliphatic heterocycles. The second kappa shape index (κ2) is 15.8. The maximum absolute atomic E-state index is 12.4. The lowest BCUT2D eigenvalue weighted by atomic mass is 9.85. The summed E-state index contributed by atoms with van der Waals surface area (Å²) in [4.78, 5) is 42.2. The van der Waals surface area contributed by atoms with Crippen molar-refractivity contribution in [2.24, 2.45) is 5.73 Å². The number of carbonyl (C=O) groups is 4. The maximum Gasteiger partial charge on any atom is 0.410 e. The lowest BCUT2D eigenvalue weighted by Gasteiger charge is -2.40. The topological polar surface area (TPSA) is 160 Å². The van der Waals surface area contributed by atoms with E-state index in [1.807, 2.05) is 79.4 Å². The van der Waals surface area contributed by atoms with E-state index in [2.05, 4.69) is 16.5 Å². The highest BCUT2D eigenvalue weighted by molar-refractivity contribution is 5.98. The van der Waals surface area contributed by atoms with Crippen molar-refractivity contribution < 1.29 is 23.9 Å². The number of hydrogen-bond donors (Lipinski definition) is 2. The van der Waals surface area contributed by atoms with Crippen LogP contribution in [0.25, 0.3) is 0 Å². The molecule has 11 heteroatoms. The smallest absolute Gasteiger partial charge is 0.410 e. The molecular weight excluding hydrogens is 488 g/mol. The number of aromatic nitrogens is 2. The molecule has 2 heterocycles. The third-order valence-corrected chi connectivity index (χ3v) is 5.53. The third kappa shape index (κ3) is 9.35. The van der Waals surface area contributed by atoms with Crippen molar-refractivity contribution in [1.82, 2.24) is 14.7 Å². The number of nitrogens with zero attached hydrogens (tertiary/aromatic N) is 4. The van der Waals surface area contributed by atoms with E-state index < -0.39 is 17.0 Å². The molecule has 2 amide bonds. The fourth-order valence-electron chi connectivity index (χ4n) is 3.73. The van der Waals surface area contributed by atoms with Gasteiger partial charge in [0.25, 0.3) is 5.91 Å². The van der Waals surface area contributed by atoms with Crippen molar-refractivity contribution in [3.8, 4) is 6.07 Å². The summed E-state index contributed by atoms with van der Waals surface area (Å²) in [6.07, 6.45) is 2.43. The van der Waals surface area contributed by atoms with E-state index in [4.69, 9.17) is 20.1 Å². The normalized spacial score (nSPS) is 13.6. The first kappa shape index (κ1) is 33.8. The first-order valence-electron chi connectivity index (χ1n) is 12.2. The Morgan fingerprint density at radius 3 is 2.11 bits per heavy atom. The van der Waals surface area contributed by atoms with Crippen LogP contribution in [0.5, 0.6) is 0 Å². The molecular formula is C27H40N6O5. The number of hydrogen-bond acceptors (Lipinski definition) is 8. The van der Waals surface area contributed by atoms with Crippen molar-refractivity contribution in [3.63, 3.8) is 0 Å². The summed E-state index contributed by atoms with van der Waals surface area (Å²) in [5, 5.41) is 17.3. The molecule has 0 aliphatic carbocycles. The van der Waals surface area contributed by atoms with Crippen molar-refractivity contribution >= 4 is 37.1 Å². The molecule has 1 saturated heterocycles. The summed E-state index contributed by atoms with van der Waals surface area (Å²) < 4.78 is 7.13. The van der Waals surface area contributed by atoms with E-state index in [0.29, 0.717) is 31.7 Å². The number of rotatable bonds is 5. The Bertz CT molecular complexity index is 1060. The van der Waals surface area contributed by atoms with Crippen LogP contribution in [-0.2, 0) is 19.9 Å². The Kier molecular flexibility index (Phi) is 14.1. The third-order valence-electron chi connectivity index (χ3n) is 5.53. The second-order valence-corrected chi connectivity index (χ2v) is 9.22. The van der Waals surface area contributed by atoms with Crippen LogP contribution < -0.4 is 11.1 Å². The fourth-order valence-corrected chi connectivity index (χ4v) is 3.73. The largest absolute Gasteiger partial charge is 0.444 e. The Morgan fingerprint density at radius 1 is 1.13 bits per heavy atom. The minimum Gasteiger partial charge on any atom is -0.444 e. The molecule has 3 N–H and O–H groups in total. The number of nitrogens with two attached hydrogens (primary N) is 1. The Hall–Kier alpha value is -4.20. The molecule has 0 spiro atoms. The minimum absolute atomic E-state index is 0.193. The maximum atomic E-state index is 12.4. The zero-order valence-corrected chi connectivity index (χ0v) is 23.2. The van der Waals surface area contributed by atoms with E-state index in [-0.39, 0.29) is 18.1 Å². The predicted octanol–water partition coefficient (Wildman–Crippen LogP) is 4.33. The molecule has 2 aromatic rings. The van der Waals surface area contributed by atoms with Crippen LogP contribution in [0.15, 0.2) is 30.5 Å². The number of piperidine rings is 1. The highest BCUT2D eigenvalue weighted by Gasteiger charge is 2.40. The molecule has 0 unspecified atom stereocenters. The Balaban J connectivity index is 0.00000213. The molecule has 1 aromatic carbocycles. The van der Waals surface area contributed by atoms with Gasteiger partial charge in [-0.05, 0) is 52.7 Å². The van der Waals surface area contributed by atoms with E-state index in [9.17, 15) is 14.9 Å². The first-order valence-corrected chi connectivity index (χ1v) is 12.2. The standard InChI is InChI=1S/C23H30N6O3.C2H6.2CH2O/c1-16-5-7-17(8-6-16)26-20-18(19(25)30)15-29(27-20)23(9-12-24)10-13-28(14-11-23)21(31)32-22(2,3)4;3*1-2/h5-8,15H,9-11,13-14H2,1-4H3,(H2,25,30)(H,26,27);1-2H3;2*1H2. The van der Waals surface area contributed by atoms with Gasteiger partial charge in [-0.15, -0.1) is 0 Å². The molecule has 38 heavy (non-hydrogen) atoms. The Morgan fingerprint density at radius 2 is 1.66 bits per heavy atom. The summed E-state index contributed by atoms with van der Waals surface area (Å²) in [6, 6.07) is 9.93. The first-order chi connectivity index (χ1) is 18.0. The van der Waals surface area contributed by atoms with E-state index in [0.717, 1.165) is 11.3 Å². The highest BCUT2D eigenvalue weighted by atomic mass is 16.6. The molecule has 0 radical (unpaired) electrons. The fraction of sp³-hybridized carbons (Fsp3) is 0.481. The van der Waals surface area contributed by atoms with Gasteiger partial charge < -0.3 is 30.3 Å². The van der Waals surface area contributed by atoms with Crippen LogP contribution in [0, 0.1) is 18.3 Å². The van der Waals surface area contributed by atoms with Gasteiger partial charge in [0.15, 0.2) is 5.82 Å². The summed E-state index contributed by atoms with van der Waals surface area (Å²) >= 11 is 0. The van der Waals surface area contributed by atoms with Crippen molar-refractivity contribution in [2.75, 3.05) is 18.4 Å². The van der Waals surface area contributed by atoms with E-state index >= 15 is 0 Å². The number of nitriles is 1. The number of nitrogens with one attached hydrogen (secondary N) is 1. The van der Waals surface area contributed by atoms with Gasteiger partial charge in [-0.1, -0.05) is 31.5 Å². The molecule has 0 bridgehead atoms. The number of benzene rings is 1. The van der Waals surface area contributed by atoms with Gasteiger partial charge >= 0.3 is 6.09 Å². The molecule has 3 rings (SSSR count). The van der Waals surface area contributed by atoms with Crippen LogP contribution >= 0.6 is 0 Å². The molecule has 1 aromatic heterocycles. The number of anilines is 2. The van der Waals surface area contributed by atoms with Crippen LogP contribution in [0.3, 0.4) is 0 Å². The number of carbonyl (C=O) groups excluding carboxylic acids is 4. The summed E-state index contributed by atoms with van der Waals surface area (Å²) in [5.74, 6) is -0.266. The molecule has 208 valence electrons. The zero-order valence-electron chi connectivity index (χ0n) is 23.2. The minimum atomic E-state index is -0.648.